The van der Waals surface area contributed by atoms with E-state index >= 15 is 0 Å². The maximum Gasteiger partial charge on any atom is 0.337 e. The van der Waals surface area contributed by atoms with Gasteiger partial charge in [-0.25, -0.2) is 9.59 Å². The maximum atomic E-state index is 12.0. The van der Waals surface area contributed by atoms with Crippen molar-refractivity contribution in [3.8, 4) is 6.07 Å². The lowest BCUT2D eigenvalue weighted by molar-refractivity contribution is 0.0698. The molecule has 0 aliphatic heterocycles. The van der Waals surface area contributed by atoms with Crippen molar-refractivity contribution in [1.29, 1.82) is 5.26 Å². The van der Waals surface area contributed by atoms with Crippen LogP contribution in [0.4, 0.5) is 10.5 Å². The van der Waals surface area contributed by atoms with Crippen molar-refractivity contribution < 1.29 is 14.7 Å². The lowest BCUT2D eigenvalue weighted by Gasteiger charge is -2.20. The zero-order chi connectivity index (χ0) is 15.1. The second-order valence-corrected chi connectivity index (χ2v) is 5.16. The summed E-state index contributed by atoms with van der Waals surface area (Å²) in [5, 5.41) is 20.2. The third-order valence-corrected chi connectivity index (χ3v) is 3.29. The normalized spacial score (nSPS) is 9.65. The van der Waals surface area contributed by atoms with Gasteiger partial charge in [0.15, 0.2) is 0 Å². The van der Waals surface area contributed by atoms with Gasteiger partial charge in [-0.3, -0.25) is 0 Å². The van der Waals surface area contributed by atoms with Crippen LogP contribution in [0.1, 0.15) is 23.7 Å². The molecule has 0 spiro atoms. The Balaban J connectivity index is 2.90. The molecular weight excluding hydrogens is 373 g/mol. The molecule has 1 rings (SSSR count). The molecule has 0 aliphatic carbocycles. The topological polar surface area (TPSA) is 93.4 Å². The number of benzene rings is 1. The number of hydrogen-bond donors (Lipinski definition) is 2. The van der Waals surface area contributed by atoms with Crippen LogP contribution < -0.4 is 5.32 Å². The summed E-state index contributed by atoms with van der Waals surface area (Å²) in [5.74, 6) is -1.10. The van der Waals surface area contributed by atoms with Crippen molar-refractivity contribution in [2.75, 3.05) is 18.4 Å². The fourth-order valence-corrected chi connectivity index (χ4v) is 2.08. The molecule has 0 saturated carbocycles. The van der Waals surface area contributed by atoms with Crippen LogP contribution >= 0.6 is 22.6 Å². The first-order chi connectivity index (χ1) is 9.49. The number of halogens is 1. The van der Waals surface area contributed by atoms with Crippen molar-refractivity contribution in [1.82, 2.24) is 4.90 Å². The molecule has 2 amide bonds. The molecule has 20 heavy (non-hydrogen) atoms. The molecule has 0 radical (unpaired) electrons. The van der Waals surface area contributed by atoms with Crippen molar-refractivity contribution in [3.05, 3.63) is 27.3 Å². The molecule has 6 nitrogen and oxygen atoms in total. The number of anilines is 1. The van der Waals surface area contributed by atoms with Crippen LogP contribution in [0.2, 0.25) is 0 Å². The van der Waals surface area contributed by atoms with Crippen molar-refractivity contribution in [2.24, 2.45) is 0 Å². The van der Waals surface area contributed by atoms with Crippen LogP contribution in [0.5, 0.6) is 0 Å². The Morgan fingerprint density at radius 2 is 2.20 bits per heavy atom. The standard InChI is InChI=1S/C13H14IN3O3/c1-2-17(7-3-6-15)13(20)16-11-5-4-9(14)8-10(11)12(18)19/h4-5,8H,2-3,7H2,1H3,(H,16,20)(H,18,19). The number of amides is 2. The summed E-state index contributed by atoms with van der Waals surface area (Å²) in [5.41, 5.74) is 0.292. The highest BCUT2D eigenvalue weighted by Crippen LogP contribution is 2.19. The van der Waals surface area contributed by atoms with E-state index in [1.807, 2.05) is 28.7 Å². The van der Waals surface area contributed by atoms with Crippen LogP contribution in [0.3, 0.4) is 0 Å². The van der Waals surface area contributed by atoms with Crippen LogP contribution in [-0.2, 0) is 0 Å². The summed E-state index contributed by atoms with van der Waals surface area (Å²) in [6.45, 7) is 2.55. The number of urea groups is 1. The van der Waals surface area contributed by atoms with E-state index in [1.165, 1.54) is 11.0 Å². The quantitative estimate of drug-likeness (QED) is 0.760. The number of carbonyl (C=O) groups excluding carboxylic acids is 1. The van der Waals surface area contributed by atoms with E-state index < -0.39 is 12.0 Å². The molecule has 0 saturated heterocycles. The Hall–Kier alpha value is -1.82. The largest absolute Gasteiger partial charge is 0.478 e. The van der Waals surface area contributed by atoms with Gasteiger partial charge in [-0.2, -0.15) is 5.26 Å². The Labute approximate surface area is 130 Å². The predicted octanol–water partition coefficient (Wildman–Crippen LogP) is 2.76. The molecule has 1 aromatic rings. The van der Waals surface area contributed by atoms with Gasteiger partial charge in [0.25, 0.3) is 0 Å². The Morgan fingerprint density at radius 1 is 1.50 bits per heavy atom. The number of aromatic carboxylic acids is 1. The highest BCUT2D eigenvalue weighted by atomic mass is 127. The van der Waals surface area contributed by atoms with Crippen LogP contribution in [0.15, 0.2) is 18.2 Å². The molecule has 0 unspecified atom stereocenters. The zero-order valence-corrected chi connectivity index (χ0v) is 13.0. The van der Waals surface area contributed by atoms with E-state index in [4.69, 9.17) is 10.4 Å². The van der Waals surface area contributed by atoms with Gasteiger partial charge in [0.2, 0.25) is 0 Å². The van der Waals surface area contributed by atoms with E-state index in [-0.39, 0.29) is 17.7 Å². The Bertz CT molecular complexity index is 554. The van der Waals surface area contributed by atoms with Gasteiger partial charge in [0.05, 0.1) is 23.7 Å². The number of hydrogen-bond acceptors (Lipinski definition) is 3. The van der Waals surface area contributed by atoms with Gasteiger partial charge < -0.3 is 15.3 Å². The smallest absolute Gasteiger partial charge is 0.337 e. The number of carbonyl (C=O) groups is 2. The number of nitrogens with one attached hydrogen (secondary N) is 1. The third-order valence-electron chi connectivity index (χ3n) is 2.62. The number of nitrogens with zero attached hydrogens (tertiary/aromatic N) is 2. The number of nitriles is 1. The number of rotatable bonds is 5. The molecule has 106 valence electrons. The highest BCUT2D eigenvalue weighted by molar-refractivity contribution is 14.1. The summed E-state index contributed by atoms with van der Waals surface area (Å²) >= 11 is 2.01. The summed E-state index contributed by atoms with van der Waals surface area (Å²) < 4.78 is 0.773. The van der Waals surface area contributed by atoms with E-state index in [0.717, 1.165) is 3.57 Å². The minimum absolute atomic E-state index is 0.0431. The summed E-state index contributed by atoms with van der Waals surface area (Å²) in [7, 11) is 0. The SMILES string of the molecule is CCN(CCC#N)C(=O)Nc1ccc(I)cc1C(=O)O. The average Bonchev–Trinajstić information content (AvgIpc) is 2.41. The zero-order valence-electron chi connectivity index (χ0n) is 10.9. The molecule has 0 heterocycles. The van der Waals surface area contributed by atoms with Crippen molar-refractivity contribution in [3.63, 3.8) is 0 Å². The molecular formula is C13H14IN3O3. The van der Waals surface area contributed by atoms with Gasteiger partial charge in [-0.1, -0.05) is 0 Å². The third kappa shape index (κ3) is 4.38. The van der Waals surface area contributed by atoms with E-state index in [0.29, 0.717) is 13.1 Å². The second-order valence-electron chi connectivity index (χ2n) is 3.91. The first-order valence-electron chi connectivity index (χ1n) is 5.95. The summed E-state index contributed by atoms with van der Waals surface area (Å²) in [6.07, 6.45) is 0.236. The molecule has 0 atom stereocenters. The molecule has 0 bridgehead atoms. The van der Waals surface area contributed by atoms with Gasteiger partial charge in [-0.15, -0.1) is 0 Å². The second kappa shape index (κ2) is 7.69. The molecule has 1 aromatic carbocycles. The van der Waals surface area contributed by atoms with E-state index in [1.54, 1.807) is 19.1 Å². The minimum atomic E-state index is -1.10. The lowest BCUT2D eigenvalue weighted by atomic mass is 10.2. The predicted molar refractivity (Wildman–Crippen MR) is 82.6 cm³/mol. The Kier molecular flexibility index (Phi) is 6.24. The van der Waals surface area contributed by atoms with Gasteiger partial charge >= 0.3 is 12.0 Å². The van der Waals surface area contributed by atoms with Gasteiger partial charge in [0.1, 0.15) is 0 Å². The van der Waals surface area contributed by atoms with Crippen LogP contribution in [0.25, 0.3) is 0 Å². The summed E-state index contributed by atoms with van der Waals surface area (Å²) in [6, 6.07) is 6.32. The monoisotopic (exact) mass is 387 g/mol. The first-order valence-corrected chi connectivity index (χ1v) is 7.03. The number of carboxylic acids is 1. The molecule has 0 aliphatic rings. The Morgan fingerprint density at radius 3 is 2.75 bits per heavy atom. The minimum Gasteiger partial charge on any atom is -0.478 e. The summed E-state index contributed by atoms with van der Waals surface area (Å²) in [4.78, 5) is 24.6. The molecule has 0 fully saturated rings. The highest BCUT2D eigenvalue weighted by Gasteiger charge is 2.16. The van der Waals surface area contributed by atoms with E-state index in [2.05, 4.69) is 5.32 Å². The fraction of sp³-hybridized carbons (Fsp3) is 0.308. The van der Waals surface area contributed by atoms with Gasteiger partial charge in [0, 0.05) is 16.7 Å². The number of carboxylic acid groups (broad SMARTS) is 1. The van der Waals surface area contributed by atoms with Crippen molar-refractivity contribution in [2.45, 2.75) is 13.3 Å². The van der Waals surface area contributed by atoms with Gasteiger partial charge in [-0.05, 0) is 47.7 Å². The lowest BCUT2D eigenvalue weighted by Crippen LogP contribution is -2.35. The first kappa shape index (κ1) is 16.2. The average molecular weight is 387 g/mol. The van der Waals surface area contributed by atoms with Crippen molar-refractivity contribution >= 4 is 40.3 Å². The molecule has 2 N–H and O–H groups in total. The molecule has 7 heteroatoms. The maximum absolute atomic E-state index is 12.0. The fourth-order valence-electron chi connectivity index (χ4n) is 1.58. The van der Waals surface area contributed by atoms with E-state index in [9.17, 15) is 9.59 Å². The molecule has 0 aromatic heterocycles. The van der Waals surface area contributed by atoms with Crippen LogP contribution in [0, 0.1) is 14.9 Å². The van der Waals surface area contributed by atoms with Crippen LogP contribution in [-0.4, -0.2) is 35.1 Å².